The SMILES string of the molecule is COc1ccc(NC(C)=O)cc1NC(=O)CCc1c(-c2ccccc2)[nH]c2ccc(F)cc12. The first-order chi connectivity index (χ1) is 15.9. The van der Waals surface area contributed by atoms with E-state index in [2.05, 4.69) is 15.6 Å². The predicted octanol–water partition coefficient (Wildman–Crippen LogP) is 5.51. The van der Waals surface area contributed by atoms with E-state index in [1.54, 1.807) is 24.3 Å². The van der Waals surface area contributed by atoms with Crippen molar-refractivity contribution in [1.82, 2.24) is 4.98 Å². The number of ether oxygens (including phenoxy) is 1. The molecule has 0 radical (unpaired) electrons. The quantitative estimate of drug-likeness (QED) is 0.351. The van der Waals surface area contributed by atoms with Crippen LogP contribution in [0.3, 0.4) is 0 Å². The summed E-state index contributed by atoms with van der Waals surface area (Å²) in [6, 6.07) is 19.4. The van der Waals surface area contributed by atoms with Crippen LogP contribution in [-0.2, 0) is 16.0 Å². The molecule has 1 aromatic heterocycles. The number of amides is 2. The van der Waals surface area contributed by atoms with Crippen molar-refractivity contribution < 1.29 is 18.7 Å². The van der Waals surface area contributed by atoms with E-state index in [-0.39, 0.29) is 24.1 Å². The average molecular weight is 445 g/mol. The second-order valence-corrected chi connectivity index (χ2v) is 7.68. The highest BCUT2D eigenvalue weighted by atomic mass is 19.1. The van der Waals surface area contributed by atoms with Gasteiger partial charge in [-0.3, -0.25) is 9.59 Å². The maximum atomic E-state index is 14.0. The van der Waals surface area contributed by atoms with E-state index in [4.69, 9.17) is 4.74 Å². The third-order valence-electron chi connectivity index (χ3n) is 5.33. The lowest BCUT2D eigenvalue weighted by molar-refractivity contribution is -0.116. The van der Waals surface area contributed by atoms with Crippen LogP contribution in [-0.4, -0.2) is 23.9 Å². The summed E-state index contributed by atoms with van der Waals surface area (Å²) in [5, 5.41) is 6.30. The fourth-order valence-corrected chi connectivity index (χ4v) is 3.87. The summed E-state index contributed by atoms with van der Waals surface area (Å²) in [6.07, 6.45) is 0.587. The van der Waals surface area contributed by atoms with Crippen LogP contribution in [0.4, 0.5) is 15.8 Å². The number of benzene rings is 3. The van der Waals surface area contributed by atoms with E-state index >= 15 is 0 Å². The first-order valence-corrected chi connectivity index (χ1v) is 10.6. The number of halogens is 1. The van der Waals surface area contributed by atoms with Gasteiger partial charge in [0, 0.05) is 35.6 Å². The molecule has 0 unspecified atom stereocenters. The number of aromatic amines is 1. The minimum atomic E-state index is -0.327. The number of anilines is 2. The second kappa shape index (κ2) is 9.56. The number of aromatic nitrogens is 1. The molecule has 3 aromatic carbocycles. The first-order valence-electron chi connectivity index (χ1n) is 10.6. The van der Waals surface area contributed by atoms with Gasteiger partial charge in [0.2, 0.25) is 11.8 Å². The van der Waals surface area contributed by atoms with Gasteiger partial charge >= 0.3 is 0 Å². The molecule has 2 amide bonds. The van der Waals surface area contributed by atoms with E-state index in [0.717, 1.165) is 27.7 Å². The topological polar surface area (TPSA) is 83.2 Å². The molecule has 0 aliphatic heterocycles. The summed E-state index contributed by atoms with van der Waals surface area (Å²) in [5.41, 5.74) is 4.54. The second-order valence-electron chi connectivity index (χ2n) is 7.68. The lowest BCUT2D eigenvalue weighted by atomic mass is 10.0. The van der Waals surface area contributed by atoms with Crippen LogP contribution in [0.1, 0.15) is 18.9 Å². The maximum absolute atomic E-state index is 14.0. The van der Waals surface area contributed by atoms with Crippen LogP contribution in [0, 0.1) is 5.82 Å². The van der Waals surface area contributed by atoms with Crippen molar-refractivity contribution >= 4 is 34.1 Å². The molecule has 0 saturated heterocycles. The molecule has 33 heavy (non-hydrogen) atoms. The number of aryl methyl sites for hydroxylation is 1. The Morgan fingerprint density at radius 2 is 1.79 bits per heavy atom. The van der Waals surface area contributed by atoms with E-state index in [0.29, 0.717) is 23.5 Å². The molecule has 0 fully saturated rings. The zero-order chi connectivity index (χ0) is 23.4. The summed E-state index contributed by atoms with van der Waals surface area (Å²) < 4.78 is 19.3. The summed E-state index contributed by atoms with van der Waals surface area (Å²) >= 11 is 0. The van der Waals surface area contributed by atoms with Crippen molar-refractivity contribution in [3.8, 4) is 17.0 Å². The van der Waals surface area contributed by atoms with Crippen LogP contribution in [0.5, 0.6) is 5.75 Å². The van der Waals surface area contributed by atoms with Crippen molar-refractivity contribution in [2.45, 2.75) is 19.8 Å². The lowest BCUT2D eigenvalue weighted by Crippen LogP contribution is -2.14. The van der Waals surface area contributed by atoms with Gasteiger partial charge in [0.05, 0.1) is 12.8 Å². The molecule has 4 rings (SSSR count). The smallest absolute Gasteiger partial charge is 0.224 e. The van der Waals surface area contributed by atoms with E-state index in [1.807, 2.05) is 30.3 Å². The van der Waals surface area contributed by atoms with Gasteiger partial charge in [0.25, 0.3) is 0 Å². The number of methoxy groups -OCH3 is 1. The van der Waals surface area contributed by atoms with Gasteiger partial charge < -0.3 is 20.4 Å². The zero-order valence-electron chi connectivity index (χ0n) is 18.4. The van der Waals surface area contributed by atoms with Crippen molar-refractivity contribution in [2.24, 2.45) is 0 Å². The fourth-order valence-electron chi connectivity index (χ4n) is 3.87. The molecular formula is C26H24FN3O3. The number of hydrogen-bond donors (Lipinski definition) is 3. The summed E-state index contributed by atoms with van der Waals surface area (Å²) in [5.74, 6) is -0.279. The summed E-state index contributed by atoms with van der Waals surface area (Å²) in [4.78, 5) is 27.5. The average Bonchev–Trinajstić information content (AvgIpc) is 3.16. The van der Waals surface area contributed by atoms with Crippen LogP contribution < -0.4 is 15.4 Å². The van der Waals surface area contributed by atoms with Crippen molar-refractivity contribution in [1.29, 1.82) is 0 Å². The number of carbonyl (C=O) groups excluding carboxylic acids is 2. The normalized spacial score (nSPS) is 10.8. The van der Waals surface area contributed by atoms with Gasteiger partial charge in [-0.05, 0) is 53.9 Å². The number of H-pyrrole nitrogens is 1. The number of hydrogen-bond acceptors (Lipinski definition) is 3. The Bertz CT molecular complexity index is 1320. The van der Waals surface area contributed by atoms with E-state index < -0.39 is 0 Å². The van der Waals surface area contributed by atoms with Crippen LogP contribution >= 0.6 is 0 Å². The van der Waals surface area contributed by atoms with Gasteiger partial charge in [-0.2, -0.15) is 0 Å². The Kier molecular flexibility index (Phi) is 6.40. The molecule has 4 aromatic rings. The zero-order valence-corrected chi connectivity index (χ0v) is 18.4. The number of fused-ring (bicyclic) bond motifs is 1. The Hall–Kier alpha value is -4.13. The van der Waals surface area contributed by atoms with Crippen molar-refractivity contribution in [3.63, 3.8) is 0 Å². The fraction of sp³-hybridized carbons (Fsp3) is 0.154. The predicted molar refractivity (Wildman–Crippen MR) is 128 cm³/mol. The molecule has 6 nitrogen and oxygen atoms in total. The molecule has 1 heterocycles. The molecular weight excluding hydrogens is 421 g/mol. The highest BCUT2D eigenvalue weighted by Gasteiger charge is 2.16. The van der Waals surface area contributed by atoms with Gasteiger partial charge in [0.15, 0.2) is 0 Å². The minimum absolute atomic E-state index is 0.177. The number of carbonyl (C=O) groups is 2. The minimum Gasteiger partial charge on any atom is -0.495 e. The maximum Gasteiger partial charge on any atom is 0.224 e. The monoisotopic (exact) mass is 445 g/mol. The molecule has 0 atom stereocenters. The molecule has 0 spiro atoms. The largest absolute Gasteiger partial charge is 0.495 e. The van der Waals surface area contributed by atoms with E-state index in [9.17, 15) is 14.0 Å². The van der Waals surface area contributed by atoms with Crippen molar-refractivity contribution in [3.05, 3.63) is 78.1 Å². The van der Waals surface area contributed by atoms with Gasteiger partial charge in [-0.25, -0.2) is 4.39 Å². The van der Waals surface area contributed by atoms with Crippen molar-refractivity contribution in [2.75, 3.05) is 17.7 Å². The third kappa shape index (κ3) is 5.03. The Morgan fingerprint density at radius 3 is 2.52 bits per heavy atom. The Balaban J connectivity index is 1.58. The van der Waals surface area contributed by atoms with Crippen LogP contribution in [0.2, 0.25) is 0 Å². The van der Waals surface area contributed by atoms with Gasteiger partial charge in [-0.1, -0.05) is 30.3 Å². The molecule has 3 N–H and O–H groups in total. The molecule has 168 valence electrons. The summed E-state index contributed by atoms with van der Waals surface area (Å²) in [6.45, 7) is 1.41. The highest BCUT2D eigenvalue weighted by molar-refractivity contribution is 5.96. The Labute approximate surface area is 190 Å². The standard InChI is InChI=1S/C26H24FN3O3/c1-16(31)28-19-9-12-24(33-2)23(15-19)29-25(32)13-10-20-21-14-18(27)8-11-22(21)30-26(20)17-6-4-3-5-7-17/h3-9,11-12,14-15,30H,10,13H2,1-2H3,(H,28,31)(H,29,32). The first kappa shape index (κ1) is 22.1. The molecule has 0 aliphatic rings. The number of nitrogens with one attached hydrogen (secondary N) is 3. The molecule has 0 saturated carbocycles. The van der Waals surface area contributed by atoms with Crippen LogP contribution in [0.25, 0.3) is 22.2 Å². The molecule has 0 bridgehead atoms. The van der Waals surface area contributed by atoms with E-state index in [1.165, 1.54) is 26.2 Å². The third-order valence-corrected chi connectivity index (χ3v) is 5.33. The lowest BCUT2D eigenvalue weighted by Gasteiger charge is -2.13. The molecule has 0 aliphatic carbocycles. The van der Waals surface area contributed by atoms with Crippen LogP contribution in [0.15, 0.2) is 66.7 Å². The highest BCUT2D eigenvalue weighted by Crippen LogP contribution is 2.32. The van der Waals surface area contributed by atoms with Gasteiger partial charge in [-0.15, -0.1) is 0 Å². The summed E-state index contributed by atoms with van der Waals surface area (Å²) in [7, 11) is 1.51. The Morgan fingerprint density at radius 1 is 1.00 bits per heavy atom. The number of rotatable bonds is 7. The molecule has 7 heteroatoms. The van der Waals surface area contributed by atoms with Gasteiger partial charge in [0.1, 0.15) is 11.6 Å².